The zero-order valence-electron chi connectivity index (χ0n) is 25.5. The number of benzene rings is 1. The molecule has 1 aliphatic heterocycles. The van der Waals surface area contributed by atoms with Crippen molar-refractivity contribution in [2.24, 2.45) is 5.92 Å². The summed E-state index contributed by atoms with van der Waals surface area (Å²) in [5, 5.41) is 16.2. The normalized spacial score (nSPS) is 23.3. The van der Waals surface area contributed by atoms with Crippen molar-refractivity contribution in [2.45, 2.75) is 116 Å². The van der Waals surface area contributed by atoms with Crippen LogP contribution < -0.4 is 9.47 Å². The summed E-state index contributed by atoms with van der Waals surface area (Å²) in [6, 6.07) is 5.66. The van der Waals surface area contributed by atoms with Crippen LogP contribution in [0, 0.1) is 5.92 Å². The summed E-state index contributed by atoms with van der Waals surface area (Å²) in [5.41, 5.74) is 0.114. The molecule has 224 valence electrons. The number of aliphatic hydroxyl groups is 1. The van der Waals surface area contributed by atoms with Crippen molar-refractivity contribution in [3.05, 3.63) is 18.2 Å². The third-order valence-electron chi connectivity index (χ3n) is 8.41. The molecule has 10 heteroatoms. The van der Waals surface area contributed by atoms with Crippen LogP contribution in [0.2, 0.25) is 18.1 Å². The van der Waals surface area contributed by atoms with Gasteiger partial charge in [-0.1, -0.05) is 26.8 Å². The van der Waals surface area contributed by atoms with Crippen molar-refractivity contribution in [1.82, 2.24) is 10.1 Å². The van der Waals surface area contributed by atoms with Crippen LogP contribution in [0.5, 0.6) is 11.6 Å². The van der Waals surface area contributed by atoms with Crippen LogP contribution in [-0.4, -0.2) is 66.8 Å². The number of rotatable bonds is 7. The molecule has 2 fully saturated rings. The second-order valence-corrected chi connectivity index (χ2v) is 18.7. The number of fused-ring (bicyclic) bond motifs is 1. The lowest BCUT2D eigenvalue weighted by Gasteiger charge is -2.45. The molecular formula is C30H48N2O7Si. The molecular weight excluding hydrogens is 528 g/mol. The molecule has 0 spiro atoms. The SMILES string of the molecule is CC(C)(C)OC(=O)N1CCC(COc2noc3cccc(OC4CCC(O)(O[Si](C)(C)C(C)(C)C)CC4)c23)CC1. The van der Waals surface area contributed by atoms with Crippen LogP contribution in [0.25, 0.3) is 11.0 Å². The summed E-state index contributed by atoms with van der Waals surface area (Å²) in [5.74, 6) is 0.304. The first-order valence-corrected chi connectivity index (χ1v) is 17.5. The summed E-state index contributed by atoms with van der Waals surface area (Å²) >= 11 is 0. The van der Waals surface area contributed by atoms with E-state index in [1.54, 1.807) is 4.90 Å². The lowest BCUT2D eigenvalue weighted by atomic mass is 9.92. The first-order valence-electron chi connectivity index (χ1n) is 14.6. The Kier molecular flexibility index (Phi) is 8.83. The highest BCUT2D eigenvalue weighted by molar-refractivity contribution is 6.74. The van der Waals surface area contributed by atoms with E-state index < -0.39 is 19.7 Å². The van der Waals surface area contributed by atoms with E-state index in [-0.39, 0.29) is 17.2 Å². The summed E-state index contributed by atoms with van der Waals surface area (Å²) in [6.45, 7) is 18.3. The molecule has 0 bridgehead atoms. The number of ether oxygens (including phenoxy) is 3. The molecule has 40 heavy (non-hydrogen) atoms. The van der Waals surface area contributed by atoms with Crippen LogP contribution in [0.4, 0.5) is 4.79 Å². The van der Waals surface area contributed by atoms with Crippen molar-refractivity contribution >= 4 is 25.4 Å². The van der Waals surface area contributed by atoms with E-state index in [9.17, 15) is 9.90 Å². The zero-order valence-corrected chi connectivity index (χ0v) is 26.5. The Morgan fingerprint density at radius 3 is 2.35 bits per heavy atom. The monoisotopic (exact) mass is 576 g/mol. The summed E-state index contributed by atoms with van der Waals surface area (Å²) in [4.78, 5) is 14.1. The maximum absolute atomic E-state index is 12.4. The first-order chi connectivity index (χ1) is 18.6. The summed E-state index contributed by atoms with van der Waals surface area (Å²) in [6.07, 6.45) is 3.82. The van der Waals surface area contributed by atoms with Gasteiger partial charge in [-0.3, -0.25) is 0 Å². The highest BCUT2D eigenvalue weighted by Crippen LogP contribution is 2.43. The van der Waals surface area contributed by atoms with E-state index in [0.29, 0.717) is 68.5 Å². The predicted octanol–water partition coefficient (Wildman–Crippen LogP) is 6.89. The van der Waals surface area contributed by atoms with Gasteiger partial charge < -0.3 is 33.2 Å². The highest BCUT2D eigenvalue weighted by Gasteiger charge is 2.45. The minimum absolute atomic E-state index is 0.0332. The fourth-order valence-corrected chi connectivity index (χ4v) is 6.47. The second kappa shape index (κ2) is 11.5. The van der Waals surface area contributed by atoms with Gasteiger partial charge in [0.15, 0.2) is 19.7 Å². The minimum Gasteiger partial charge on any atom is -0.489 e. The van der Waals surface area contributed by atoms with Gasteiger partial charge >= 0.3 is 6.09 Å². The molecule has 1 saturated heterocycles. The first kappa shape index (κ1) is 30.7. The van der Waals surface area contributed by atoms with Gasteiger partial charge in [0.1, 0.15) is 16.7 Å². The molecule has 2 heterocycles. The molecule has 1 aliphatic carbocycles. The smallest absolute Gasteiger partial charge is 0.410 e. The van der Waals surface area contributed by atoms with Crippen molar-refractivity contribution in [3.63, 3.8) is 0 Å². The highest BCUT2D eigenvalue weighted by atomic mass is 28.4. The number of aromatic nitrogens is 1. The number of amides is 1. The second-order valence-electron chi connectivity index (χ2n) is 14.0. The largest absolute Gasteiger partial charge is 0.489 e. The fourth-order valence-electron chi connectivity index (χ4n) is 5.01. The van der Waals surface area contributed by atoms with Crippen LogP contribution >= 0.6 is 0 Å². The number of hydrogen-bond donors (Lipinski definition) is 1. The van der Waals surface area contributed by atoms with Gasteiger partial charge in [-0.15, -0.1) is 0 Å². The van der Waals surface area contributed by atoms with Crippen molar-refractivity contribution in [3.8, 4) is 11.6 Å². The standard InChI is InChI=1S/C30H48N2O7Si/c1-28(2,3)37-27(33)32-18-14-21(15-19-32)20-35-26-25-23(10-9-11-24(25)38-31-26)36-22-12-16-30(34,17-13-22)39-40(7,8)29(4,5)6/h9-11,21-22,34H,12-20H2,1-8H3. The minimum atomic E-state index is -2.09. The van der Waals surface area contributed by atoms with Crippen LogP contribution in [0.1, 0.15) is 80.1 Å². The Morgan fingerprint density at radius 1 is 1.10 bits per heavy atom. The third-order valence-corrected chi connectivity index (χ3v) is 12.9. The van der Waals surface area contributed by atoms with E-state index in [0.717, 1.165) is 18.2 Å². The summed E-state index contributed by atoms with van der Waals surface area (Å²) in [7, 11) is -2.09. The maximum Gasteiger partial charge on any atom is 0.410 e. The molecule has 1 saturated carbocycles. The fraction of sp³-hybridized carbons (Fsp3) is 0.733. The molecule has 0 unspecified atom stereocenters. The average Bonchev–Trinajstić information content (AvgIpc) is 3.26. The van der Waals surface area contributed by atoms with Gasteiger partial charge in [0.05, 0.1) is 12.7 Å². The molecule has 4 rings (SSSR count). The average molecular weight is 577 g/mol. The third kappa shape index (κ3) is 7.50. The van der Waals surface area contributed by atoms with Crippen molar-refractivity contribution < 1.29 is 33.1 Å². The topological polar surface area (TPSA) is 103 Å². The number of hydrogen-bond acceptors (Lipinski definition) is 8. The molecule has 2 aromatic rings. The number of carbonyl (C=O) groups is 1. The van der Waals surface area contributed by atoms with Gasteiger partial charge in [0.25, 0.3) is 5.88 Å². The lowest BCUT2D eigenvalue weighted by Crippen LogP contribution is -2.51. The van der Waals surface area contributed by atoms with Crippen LogP contribution in [0.15, 0.2) is 22.7 Å². The van der Waals surface area contributed by atoms with E-state index in [1.807, 2.05) is 39.0 Å². The Hall–Kier alpha value is -2.30. The van der Waals surface area contributed by atoms with Gasteiger partial charge in [0.2, 0.25) is 0 Å². The number of carbonyl (C=O) groups excluding carboxylic acids is 1. The molecule has 2 aliphatic rings. The van der Waals surface area contributed by atoms with E-state index in [1.165, 1.54) is 0 Å². The molecule has 1 aromatic carbocycles. The van der Waals surface area contributed by atoms with Crippen LogP contribution in [0.3, 0.4) is 0 Å². The molecule has 1 aromatic heterocycles. The van der Waals surface area contributed by atoms with Gasteiger partial charge in [0, 0.05) is 25.9 Å². The maximum atomic E-state index is 12.4. The Balaban J connectivity index is 1.33. The van der Waals surface area contributed by atoms with Crippen molar-refractivity contribution in [2.75, 3.05) is 19.7 Å². The van der Waals surface area contributed by atoms with Gasteiger partial charge in [-0.2, -0.15) is 0 Å². The van der Waals surface area contributed by atoms with Crippen molar-refractivity contribution in [1.29, 1.82) is 0 Å². The molecule has 9 nitrogen and oxygen atoms in total. The molecule has 1 N–H and O–H groups in total. The molecule has 0 atom stereocenters. The molecule has 0 radical (unpaired) electrons. The Morgan fingerprint density at radius 2 is 1.75 bits per heavy atom. The van der Waals surface area contributed by atoms with E-state index in [4.69, 9.17) is 23.2 Å². The Bertz CT molecular complexity index is 1150. The van der Waals surface area contributed by atoms with Crippen LogP contribution in [-0.2, 0) is 9.16 Å². The quantitative estimate of drug-likeness (QED) is 0.281. The summed E-state index contributed by atoms with van der Waals surface area (Å²) < 4.78 is 30.0. The van der Waals surface area contributed by atoms with Gasteiger partial charge in [-0.05, 0) is 87.8 Å². The zero-order chi connectivity index (χ0) is 29.3. The number of piperidine rings is 1. The van der Waals surface area contributed by atoms with E-state index in [2.05, 4.69) is 39.0 Å². The Labute approximate surface area is 239 Å². The van der Waals surface area contributed by atoms with Gasteiger partial charge in [-0.25, -0.2) is 4.79 Å². The number of nitrogens with zero attached hydrogens (tertiary/aromatic N) is 2. The predicted molar refractivity (Wildman–Crippen MR) is 156 cm³/mol. The number of likely N-dealkylation sites (tertiary alicyclic amines) is 1. The van der Waals surface area contributed by atoms with E-state index >= 15 is 0 Å². The molecule has 1 amide bonds. The lowest BCUT2D eigenvalue weighted by molar-refractivity contribution is -0.177.